The Hall–Kier alpha value is -1.39. The smallest absolute Gasteiger partial charge is 0.254 e. The molecule has 0 aliphatic carbocycles. The number of nitrogens with zero attached hydrogens (tertiary/aromatic N) is 1. The van der Waals surface area contributed by atoms with Crippen LogP contribution in [0.3, 0.4) is 0 Å². The third-order valence-electron chi connectivity index (χ3n) is 4.40. The number of piperidine rings is 1. The summed E-state index contributed by atoms with van der Waals surface area (Å²) in [6.07, 6.45) is 4.52. The molecule has 1 aromatic rings. The van der Waals surface area contributed by atoms with Crippen LogP contribution in [0.2, 0.25) is 0 Å². The predicted molar refractivity (Wildman–Crippen MR) is 82.5 cm³/mol. The normalized spacial score (nSPS) is 19.6. The average molecular weight is 288 g/mol. The van der Waals surface area contributed by atoms with Crippen molar-refractivity contribution in [2.75, 3.05) is 32.8 Å². The Morgan fingerprint density at radius 1 is 1.24 bits per heavy atom. The number of hydrogen-bond donors (Lipinski definition) is 1. The molecule has 0 aromatic heterocycles. The van der Waals surface area contributed by atoms with E-state index in [-0.39, 0.29) is 5.91 Å². The summed E-state index contributed by atoms with van der Waals surface area (Å²) in [5, 5.41) is 3.34. The molecule has 1 fully saturated rings. The molecular formula is C17H24N2O2. The van der Waals surface area contributed by atoms with Crippen LogP contribution in [-0.2, 0) is 11.2 Å². The van der Waals surface area contributed by atoms with Gasteiger partial charge in [-0.1, -0.05) is 18.2 Å². The van der Waals surface area contributed by atoms with Crippen molar-refractivity contribution in [3.8, 4) is 0 Å². The molecule has 1 amide bonds. The van der Waals surface area contributed by atoms with E-state index in [2.05, 4.69) is 11.4 Å². The van der Waals surface area contributed by atoms with Gasteiger partial charge in [0.2, 0.25) is 0 Å². The molecule has 0 saturated carbocycles. The highest BCUT2D eigenvalue weighted by molar-refractivity contribution is 5.96. The molecule has 21 heavy (non-hydrogen) atoms. The maximum Gasteiger partial charge on any atom is 0.254 e. The fourth-order valence-electron chi connectivity index (χ4n) is 3.16. The zero-order chi connectivity index (χ0) is 14.5. The highest BCUT2D eigenvalue weighted by Gasteiger charge is 2.23. The molecule has 1 N–H and O–H groups in total. The molecule has 0 radical (unpaired) electrons. The lowest BCUT2D eigenvalue weighted by atomic mass is 9.99. The monoisotopic (exact) mass is 288 g/mol. The van der Waals surface area contributed by atoms with Gasteiger partial charge >= 0.3 is 0 Å². The fraction of sp³-hybridized carbons (Fsp3) is 0.588. The van der Waals surface area contributed by atoms with Crippen molar-refractivity contribution in [1.29, 1.82) is 0 Å². The Morgan fingerprint density at radius 3 is 2.90 bits per heavy atom. The van der Waals surface area contributed by atoms with Gasteiger partial charge in [0, 0.05) is 25.3 Å². The van der Waals surface area contributed by atoms with Gasteiger partial charge in [0.25, 0.3) is 5.91 Å². The maximum atomic E-state index is 12.4. The Labute approximate surface area is 126 Å². The minimum atomic E-state index is 0.179. The molecule has 0 bridgehead atoms. The first-order valence-electron chi connectivity index (χ1n) is 8.04. The summed E-state index contributed by atoms with van der Waals surface area (Å²) in [5.74, 6) is 0.179. The highest BCUT2D eigenvalue weighted by Crippen LogP contribution is 2.18. The molecule has 0 atom stereocenters. The fourth-order valence-corrected chi connectivity index (χ4v) is 3.16. The van der Waals surface area contributed by atoms with Crippen molar-refractivity contribution in [3.63, 3.8) is 0 Å². The summed E-state index contributed by atoms with van der Waals surface area (Å²) >= 11 is 0. The first-order valence-corrected chi connectivity index (χ1v) is 8.04. The topological polar surface area (TPSA) is 41.6 Å². The first kappa shape index (κ1) is 14.5. The largest absolute Gasteiger partial charge is 0.378 e. The van der Waals surface area contributed by atoms with E-state index in [1.807, 2.05) is 23.1 Å². The minimum absolute atomic E-state index is 0.179. The van der Waals surface area contributed by atoms with Gasteiger partial charge in [-0.2, -0.15) is 0 Å². The van der Waals surface area contributed by atoms with Crippen molar-refractivity contribution in [2.45, 2.75) is 31.8 Å². The van der Waals surface area contributed by atoms with E-state index < -0.39 is 0 Å². The van der Waals surface area contributed by atoms with Gasteiger partial charge in [-0.15, -0.1) is 0 Å². The van der Waals surface area contributed by atoms with Crippen LogP contribution in [0.25, 0.3) is 0 Å². The molecule has 4 heteroatoms. The first-order chi connectivity index (χ1) is 10.3. The number of rotatable bonds is 5. The van der Waals surface area contributed by atoms with E-state index in [4.69, 9.17) is 4.74 Å². The van der Waals surface area contributed by atoms with E-state index >= 15 is 0 Å². The van der Waals surface area contributed by atoms with Crippen LogP contribution in [-0.4, -0.2) is 49.7 Å². The molecule has 2 heterocycles. The number of hydrogen-bond acceptors (Lipinski definition) is 3. The SMILES string of the molecule is O=C1c2ccccc2CCN1CCCOC1CCNCC1. The highest BCUT2D eigenvalue weighted by atomic mass is 16.5. The van der Waals surface area contributed by atoms with Crippen LogP contribution in [0.1, 0.15) is 35.2 Å². The second kappa shape index (κ2) is 7.05. The van der Waals surface area contributed by atoms with E-state index in [0.29, 0.717) is 6.10 Å². The van der Waals surface area contributed by atoms with Gasteiger partial charge in [-0.3, -0.25) is 4.79 Å². The van der Waals surface area contributed by atoms with Crippen molar-refractivity contribution >= 4 is 5.91 Å². The number of fused-ring (bicyclic) bond motifs is 1. The minimum Gasteiger partial charge on any atom is -0.378 e. The summed E-state index contributed by atoms with van der Waals surface area (Å²) in [6, 6.07) is 7.95. The second-order valence-corrected chi connectivity index (χ2v) is 5.87. The van der Waals surface area contributed by atoms with Crippen molar-refractivity contribution in [2.24, 2.45) is 0 Å². The lowest BCUT2D eigenvalue weighted by Gasteiger charge is -2.29. The zero-order valence-corrected chi connectivity index (χ0v) is 12.5. The van der Waals surface area contributed by atoms with E-state index in [0.717, 1.165) is 64.0 Å². The summed E-state index contributed by atoms with van der Waals surface area (Å²) in [6.45, 7) is 4.52. The number of amides is 1. The molecule has 1 aromatic carbocycles. The number of carbonyl (C=O) groups is 1. The Balaban J connectivity index is 1.43. The lowest BCUT2D eigenvalue weighted by molar-refractivity contribution is 0.0272. The Kier molecular flexibility index (Phi) is 4.88. The molecule has 1 saturated heterocycles. The zero-order valence-electron chi connectivity index (χ0n) is 12.5. The molecular weight excluding hydrogens is 264 g/mol. The number of ether oxygens (including phenoxy) is 1. The van der Waals surface area contributed by atoms with E-state index in [1.54, 1.807) is 0 Å². The third kappa shape index (κ3) is 3.63. The lowest BCUT2D eigenvalue weighted by Crippen LogP contribution is -2.38. The van der Waals surface area contributed by atoms with Crippen LogP contribution in [0, 0.1) is 0 Å². The van der Waals surface area contributed by atoms with Gasteiger partial charge in [0.1, 0.15) is 0 Å². The summed E-state index contributed by atoms with van der Waals surface area (Å²) in [7, 11) is 0. The van der Waals surface area contributed by atoms with Crippen molar-refractivity contribution in [3.05, 3.63) is 35.4 Å². The standard InChI is InChI=1S/C17H24N2O2/c20-17-16-5-2-1-4-14(16)8-12-19(17)11-3-13-21-15-6-9-18-10-7-15/h1-2,4-5,15,18H,3,6-13H2. The summed E-state index contributed by atoms with van der Waals surface area (Å²) in [4.78, 5) is 14.4. The molecule has 2 aliphatic heterocycles. The van der Waals surface area contributed by atoms with Crippen LogP contribution >= 0.6 is 0 Å². The molecule has 3 rings (SSSR count). The maximum absolute atomic E-state index is 12.4. The van der Waals surface area contributed by atoms with Crippen LogP contribution < -0.4 is 5.32 Å². The number of carbonyl (C=O) groups excluding carboxylic acids is 1. The van der Waals surface area contributed by atoms with Gasteiger partial charge < -0.3 is 15.0 Å². The number of nitrogens with one attached hydrogen (secondary N) is 1. The molecule has 4 nitrogen and oxygen atoms in total. The Bertz CT molecular complexity index is 483. The van der Waals surface area contributed by atoms with Crippen LogP contribution in [0.15, 0.2) is 24.3 Å². The molecule has 0 unspecified atom stereocenters. The van der Waals surface area contributed by atoms with Gasteiger partial charge in [0.15, 0.2) is 0 Å². The molecule has 114 valence electrons. The van der Waals surface area contributed by atoms with Gasteiger partial charge in [-0.05, 0) is 50.4 Å². The Morgan fingerprint density at radius 2 is 2.05 bits per heavy atom. The number of benzene rings is 1. The quantitative estimate of drug-likeness (QED) is 0.841. The summed E-state index contributed by atoms with van der Waals surface area (Å²) in [5.41, 5.74) is 2.06. The third-order valence-corrected chi connectivity index (χ3v) is 4.40. The van der Waals surface area contributed by atoms with Gasteiger partial charge in [0.05, 0.1) is 6.10 Å². The van der Waals surface area contributed by atoms with Crippen molar-refractivity contribution in [1.82, 2.24) is 10.2 Å². The molecule has 0 spiro atoms. The van der Waals surface area contributed by atoms with Crippen molar-refractivity contribution < 1.29 is 9.53 Å². The van der Waals surface area contributed by atoms with Crippen LogP contribution in [0.4, 0.5) is 0 Å². The molecule has 2 aliphatic rings. The van der Waals surface area contributed by atoms with Crippen LogP contribution in [0.5, 0.6) is 0 Å². The average Bonchev–Trinajstić information content (AvgIpc) is 2.55. The summed E-state index contributed by atoms with van der Waals surface area (Å²) < 4.78 is 5.90. The van der Waals surface area contributed by atoms with E-state index in [1.165, 1.54) is 5.56 Å². The second-order valence-electron chi connectivity index (χ2n) is 5.87. The van der Waals surface area contributed by atoms with E-state index in [9.17, 15) is 4.79 Å². The predicted octanol–water partition coefficient (Wildman–Crippen LogP) is 1.84. The van der Waals surface area contributed by atoms with Gasteiger partial charge in [-0.25, -0.2) is 0 Å².